The van der Waals surface area contributed by atoms with Gasteiger partial charge in [-0.25, -0.2) is 8.42 Å². The lowest BCUT2D eigenvalue weighted by Crippen LogP contribution is -2.43. The van der Waals surface area contributed by atoms with Crippen LogP contribution in [0.25, 0.3) is 0 Å². The molecular weight excluding hydrogens is 298 g/mol. The first-order valence-corrected chi connectivity index (χ1v) is 9.54. The van der Waals surface area contributed by atoms with Crippen molar-refractivity contribution in [1.82, 2.24) is 5.32 Å². The third-order valence-corrected chi connectivity index (χ3v) is 6.15. The average Bonchev–Trinajstić information content (AvgIpc) is 2.53. The van der Waals surface area contributed by atoms with E-state index in [1.54, 1.807) is 18.2 Å². The molecular formula is C16H27N3O2S. The molecule has 1 aromatic carbocycles. The van der Waals surface area contributed by atoms with Crippen LogP contribution in [0.5, 0.6) is 0 Å². The van der Waals surface area contributed by atoms with E-state index in [4.69, 9.17) is 0 Å². The van der Waals surface area contributed by atoms with Gasteiger partial charge in [-0.05, 0) is 44.5 Å². The predicted octanol–water partition coefficient (Wildman–Crippen LogP) is 2.05. The molecule has 1 aliphatic heterocycles. The summed E-state index contributed by atoms with van der Waals surface area (Å²) in [6, 6.07) is 7.90. The molecule has 1 N–H and O–H groups in total. The molecule has 0 aromatic heterocycles. The zero-order valence-electron chi connectivity index (χ0n) is 13.7. The van der Waals surface area contributed by atoms with Gasteiger partial charge < -0.3 is 10.2 Å². The summed E-state index contributed by atoms with van der Waals surface area (Å²) in [4.78, 5) is 2.32. The van der Waals surface area contributed by atoms with Crippen LogP contribution >= 0.6 is 0 Å². The van der Waals surface area contributed by atoms with Crippen LogP contribution < -0.4 is 14.5 Å². The highest BCUT2D eigenvalue weighted by Crippen LogP contribution is 2.25. The third kappa shape index (κ3) is 3.73. The second-order valence-corrected chi connectivity index (χ2v) is 8.33. The molecule has 0 saturated carbocycles. The monoisotopic (exact) mass is 325 g/mol. The number of piperazine rings is 1. The van der Waals surface area contributed by atoms with E-state index >= 15 is 0 Å². The van der Waals surface area contributed by atoms with Crippen molar-refractivity contribution in [3.8, 4) is 0 Å². The number of hydrogen-bond acceptors (Lipinski definition) is 4. The van der Waals surface area contributed by atoms with Crippen LogP contribution in [-0.2, 0) is 10.0 Å². The Morgan fingerprint density at radius 1 is 1.18 bits per heavy atom. The molecule has 1 aliphatic rings. The number of nitrogens with zero attached hydrogens (tertiary/aromatic N) is 2. The van der Waals surface area contributed by atoms with Crippen LogP contribution in [0.4, 0.5) is 11.4 Å². The Morgan fingerprint density at radius 3 is 2.27 bits per heavy atom. The number of benzene rings is 1. The average molecular weight is 325 g/mol. The SMILES string of the molecule is CCCN(c1ccc(N2CCNCC2)cc1)S(=O)(=O)C(C)C. The first-order valence-electron chi connectivity index (χ1n) is 8.04. The van der Waals surface area contributed by atoms with E-state index < -0.39 is 15.3 Å². The summed E-state index contributed by atoms with van der Waals surface area (Å²) >= 11 is 0. The summed E-state index contributed by atoms with van der Waals surface area (Å²) in [6.07, 6.45) is 0.797. The van der Waals surface area contributed by atoms with Crippen molar-refractivity contribution in [3.05, 3.63) is 24.3 Å². The molecule has 6 heteroatoms. The molecule has 0 aliphatic carbocycles. The zero-order chi connectivity index (χ0) is 16.2. The van der Waals surface area contributed by atoms with Crippen molar-refractivity contribution in [2.45, 2.75) is 32.4 Å². The van der Waals surface area contributed by atoms with Crippen LogP contribution in [0.1, 0.15) is 27.2 Å². The summed E-state index contributed by atoms with van der Waals surface area (Å²) in [6.45, 7) is 9.94. The Balaban J connectivity index is 2.22. The van der Waals surface area contributed by atoms with Crippen molar-refractivity contribution >= 4 is 21.4 Å². The maximum Gasteiger partial charge on any atom is 0.237 e. The van der Waals surface area contributed by atoms with Gasteiger partial charge in [0.1, 0.15) is 0 Å². The molecule has 0 radical (unpaired) electrons. The molecule has 1 fully saturated rings. The van der Waals surface area contributed by atoms with Gasteiger partial charge in [0.05, 0.1) is 10.9 Å². The van der Waals surface area contributed by atoms with Gasteiger partial charge in [-0.15, -0.1) is 0 Å². The van der Waals surface area contributed by atoms with E-state index in [1.165, 1.54) is 0 Å². The Labute approximate surface area is 134 Å². The lowest BCUT2D eigenvalue weighted by Gasteiger charge is -2.30. The zero-order valence-corrected chi connectivity index (χ0v) is 14.6. The van der Waals surface area contributed by atoms with Gasteiger partial charge >= 0.3 is 0 Å². The molecule has 1 aromatic rings. The van der Waals surface area contributed by atoms with Gasteiger partial charge in [0.25, 0.3) is 0 Å². The number of sulfonamides is 1. The highest BCUT2D eigenvalue weighted by Gasteiger charge is 2.25. The molecule has 0 atom stereocenters. The largest absolute Gasteiger partial charge is 0.369 e. The van der Waals surface area contributed by atoms with Crippen LogP contribution in [0, 0.1) is 0 Å². The van der Waals surface area contributed by atoms with Gasteiger partial charge in [0, 0.05) is 38.4 Å². The summed E-state index contributed by atoms with van der Waals surface area (Å²) in [7, 11) is -3.28. The van der Waals surface area contributed by atoms with Crippen LogP contribution in [-0.4, -0.2) is 46.4 Å². The molecule has 1 saturated heterocycles. The topological polar surface area (TPSA) is 52.6 Å². The molecule has 124 valence electrons. The fraction of sp³-hybridized carbons (Fsp3) is 0.625. The second-order valence-electron chi connectivity index (χ2n) is 5.92. The molecule has 0 bridgehead atoms. The molecule has 0 unspecified atom stereocenters. The van der Waals surface area contributed by atoms with E-state index in [-0.39, 0.29) is 0 Å². The summed E-state index contributed by atoms with van der Waals surface area (Å²) in [5.41, 5.74) is 1.91. The van der Waals surface area contributed by atoms with Gasteiger partial charge in [0.15, 0.2) is 0 Å². The van der Waals surface area contributed by atoms with E-state index in [2.05, 4.69) is 10.2 Å². The molecule has 0 amide bonds. The van der Waals surface area contributed by atoms with Gasteiger partial charge in [0.2, 0.25) is 10.0 Å². The summed E-state index contributed by atoms with van der Waals surface area (Å²) in [5, 5.41) is 2.92. The van der Waals surface area contributed by atoms with E-state index in [1.807, 2.05) is 31.2 Å². The van der Waals surface area contributed by atoms with Crippen molar-refractivity contribution in [2.75, 3.05) is 41.9 Å². The van der Waals surface area contributed by atoms with Gasteiger partial charge in [-0.2, -0.15) is 0 Å². The normalized spacial score (nSPS) is 16.1. The Bertz CT molecular complexity index is 564. The smallest absolute Gasteiger partial charge is 0.237 e. The van der Waals surface area contributed by atoms with Crippen LogP contribution in [0.3, 0.4) is 0 Å². The van der Waals surface area contributed by atoms with Gasteiger partial charge in [-0.3, -0.25) is 4.31 Å². The minimum atomic E-state index is -3.28. The lowest BCUT2D eigenvalue weighted by atomic mass is 10.2. The molecule has 22 heavy (non-hydrogen) atoms. The Hall–Kier alpha value is -1.27. The summed E-state index contributed by atoms with van der Waals surface area (Å²) < 4.78 is 26.6. The first kappa shape index (κ1) is 17.1. The second kappa shape index (κ2) is 7.33. The molecule has 2 rings (SSSR count). The van der Waals surface area contributed by atoms with Crippen molar-refractivity contribution in [1.29, 1.82) is 0 Å². The van der Waals surface area contributed by atoms with E-state index in [0.717, 1.165) is 44.0 Å². The minimum absolute atomic E-state index is 0.410. The highest BCUT2D eigenvalue weighted by molar-refractivity contribution is 7.93. The van der Waals surface area contributed by atoms with Crippen LogP contribution in [0.15, 0.2) is 24.3 Å². The van der Waals surface area contributed by atoms with Crippen molar-refractivity contribution in [3.63, 3.8) is 0 Å². The van der Waals surface area contributed by atoms with E-state index in [0.29, 0.717) is 6.54 Å². The molecule has 1 heterocycles. The Kier molecular flexibility index (Phi) is 5.69. The quantitative estimate of drug-likeness (QED) is 0.870. The van der Waals surface area contributed by atoms with Crippen molar-refractivity contribution < 1.29 is 8.42 Å². The number of rotatable bonds is 6. The highest BCUT2D eigenvalue weighted by atomic mass is 32.2. The Morgan fingerprint density at radius 2 is 1.77 bits per heavy atom. The van der Waals surface area contributed by atoms with Gasteiger partial charge in [-0.1, -0.05) is 6.92 Å². The third-order valence-electron chi connectivity index (χ3n) is 3.95. The fourth-order valence-electron chi connectivity index (χ4n) is 2.61. The first-order chi connectivity index (χ1) is 10.5. The van der Waals surface area contributed by atoms with Crippen LogP contribution in [0.2, 0.25) is 0 Å². The minimum Gasteiger partial charge on any atom is -0.369 e. The number of anilines is 2. The standard InChI is InChI=1S/C16H27N3O2S/c1-4-11-19(22(20,21)14(2)3)16-7-5-15(6-8-16)18-12-9-17-10-13-18/h5-8,14,17H,4,9-13H2,1-3H3. The lowest BCUT2D eigenvalue weighted by molar-refractivity contribution is 0.581. The predicted molar refractivity (Wildman–Crippen MR) is 93.2 cm³/mol. The molecule has 0 spiro atoms. The van der Waals surface area contributed by atoms with Crippen molar-refractivity contribution in [2.24, 2.45) is 0 Å². The summed E-state index contributed by atoms with van der Waals surface area (Å²) in [5.74, 6) is 0. The number of nitrogens with one attached hydrogen (secondary N) is 1. The molecule has 5 nitrogen and oxygen atoms in total. The van der Waals surface area contributed by atoms with E-state index in [9.17, 15) is 8.42 Å². The number of hydrogen-bond donors (Lipinski definition) is 1. The fourth-order valence-corrected chi connectivity index (χ4v) is 3.98. The maximum atomic E-state index is 12.5. The maximum absolute atomic E-state index is 12.5.